The lowest BCUT2D eigenvalue weighted by atomic mass is 10.1. The first-order valence-electron chi connectivity index (χ1n) is 15.2. The fourth-order valence-electron chi connectivity index (χ4n) is 5.27. The van der Waals surface area contributed by atoms with Crippen molar-refractivity contribution in [1.82, 2.24) is 5.06 Å². The summed E-state index contributed by atoms with van der Waals surface area (Å²) in [5, 5.41) is 1.06. The Labute approximate surface area is 270 Å². The molecule has 1 aliphatic heterocycles. The quantitative estimate of drug-likeness (QED) is 0.102. The molecule has 4 aromatic rings. The molecule has 5 atom stereocenters. The second-order valence-electron chi connectivity index (χ2n) is 10.9. The molecule has 10 heteroatoms. The Balaban J connectivity index is 1.49. The zero-order valence-corrected chi connectivity index (χ0v) is 26.9. The Hall–Kier alpha value is -3.66. The van der Waals surface area contributed by atoms with E-state index in [1.807, 2.05) is 121 Å². The van der Waals surface area contributed by atoms with Crippen LogP contribution in [0.4, 0.5) is 0 Å². The van der Waals surface area contributed by atoms with Gasteiger partial charge in [-0.05, 0) is 22.3 Å². The fourth-order valence-corrected chi connectivity index (χ4v) is 7.35. The topological polar surface area (TPSA) is 92.8 Å². The van der Waals surface area contributed by atoms with Gasteiger partial charge in [-0.15, -0.1) is 0 Å². The minimum absolute atomic E-state index is 0.0323. The number of rotatable bonds is 15. The highest BCUT2D eigenvalue weighted by molar-refractivity contribution is 7.54. The summed E-state index contributed by atoms with van der Waals surface area (Å²) in [5.41, 5.74) is 3.61. The third-order valence-electron chi connectivity index (χ3n) is 7.57. The lowest BCUT2D eigenvalue weighted by molar-refractivity contribution is -0.236. The normalized spacial score (nSPS) is 22.7. The Bertz CT molecular complexity index is 1530. The predicted molar refractivity (Wildman–Crippen MR) is 173 cm³/mol. The van der Waals surface area contributed by atoms with E-state index in [0.717, 1.165) is 27.3 Å². The summed E-state index contributed by atoms with van der Waals surface area (Å²) in [7, 11) is -2.82. The SMILES string of the molecule is COP1(=O)O[C@H](COCc2ccccc2)[C@@H](OCc2ccccc2)[C@H](OCc2ccccc2)[C@@H]1N(OCc1ccccc1)C(C)=O. The van der Waals surface area contributed by atoms with E-state index in [4.69, 9.17) is 28.1 Å². The molecule has 1 fully saturated rings. The van der Waals surface area contributed by atoms with Crippen molar-refractivity contribution in [3.63, 3.8) is 0 Å². The molecule has 0 aliphatic carbocycles. The molecule has 0 radical (unpaired) electrons. The maximum Gasteiger partial charge on any atom is 0.358 e. The van der Waals surface area contributed by atoms with Gasteiger partial charge in [0.25, 0.3) is 0 Å². The average Bonchev–Trinajstić information content (AvgIpc) is 3.09. The van der Waals surface area contributed by atoms with Gasteiger partial charge in [-0.25, -0.2) is 5.06 Å². The van der Waals surface area contributed by atoms with Gasteiger partial charge in [0.1, 0.15) is 24.9 Å². The van der Waals surface area contributed by atoms with Crippen LogP contribution in [0, 0.1) is 0 Å². The number of hydrogen-bond acceptors (Lipinski definition) is 8. The van der Waals surface area contributed by atoms with Crippen LogP contribution in [0.3, 0.4) is 0 Å². The Morgan fingerprint density at radius 2 is 1.11 bits per heavy atom. The molecule has 1 heterocycles. The van der Waals surface area contributed by atoms with Gasteiger partial charge < -0.3 is 18.7 Å². The molecule has 4 aromatic carbocycles. The van der Waals surface area contributed by atoms with Gasteiger partial charge in [0, 0.05) is 14.0 Å². The number of nitrogens with zero attached hydrogens (tertiary/aromatic N) is 1. The van der Waals surface area contributed by atoms with Crippen LogP contribution in [0.5, 0.6) is 0 Å². The number of benzene rings is 4. The van der Waals surface area contributed by atoms with Crippen molar-refractivity contribution in [2.45, 2.75) is 57.4 Å². The Morgan fingerprint density at radius 3 is 1.57 bits per heavy atom. The summed E-state index contributed by atoms with van der Waals surface area (Å²) >= 11 is 0. The van der Waals surface area contributed by atoms with Crippen molar-refractivity contribution in [2.75, 3.05) is 13.7 Å². The van der Waals surface area contributed by atoms with E-state index in [1.165, 1.54) is 14.0 Å². The third-order valence-corrected chi connectivity index (χ3v) is 9.80. The first-order valence-corrected chi connectivity index (χ1v) is 16.8. The van der Waals surface area contributed by atoms with Gasteiger partial charge >= 0.3 is 7.60 Å². The van der Waals surface area contributed by atoms with E-state index in [-0.39, 0.29) is 26.4 Å². The molecule has 46 heavy (non-hydrogen) atoms. The molecule has 0 spiro atoms. The fraction of sp³-hybridized carbons (Fsp3) is 0.306. The van der Waals surface area contributed by atoms with Crippen LogP contribution in [0.25, 0.3) is 0 Å². The summed E-state index contributed by atoms with van der Waals surface area (Å²) in [6.07, 6.45) is -2.68. The van der Waals surface area contributed by atoms with Crippen molar-refractivity contribution in [3.05, 3.63) is 144 Å². The van der Waals surface area contributed by atoms with E-state index in [0.29, 0.717) is 6.61 Å². The van der Waals surface area contributed by atoms with Gasteiger partial charge in [0.05, 0.1) is 26.4 Å². The molecule has 0 bridgehead atoms. The smallest absolute Gasteiger partial charge is 0.358 e. The Kier molecular flexibility index (Phi) is 12.3. The van der Waals surface area contributed by atoms with Crippen LogP contribution in [-0.2, 0) is 63.9 Å². The highest BCUT2D eigenvalue weighted by Gasteiger charge is 2.58. The summed E-state index contributed by atoms with van der Waals surface area (Å²) in [6.45, 7) is 2.09. The van der Waals surface area contributed by atoms with Crippen molar-refractivity contribution in [1.29, 1.82) is 0 Å². The molecule has 1 aliphatic rings. The first kappa shape index (κ1) is 33.7. The van der Waals surface area contributed by atoms with Gasteiger partial charge in [-0.1, -0.05) is 121 Å². The number of carbonyl (C=O) groups is 1. The zero-order chi connectivity index (χ0) is 32.2. The van der Waals surface area contributed by atoms with Crippen LogP contribution in [0.15, 0.2) is 121 Å². The van der Waals surface area contributed by atoms with Crippen LogP contribution < -0.4 is 0 Å². The van der Waals surface area contributed by atoms with E-state index in [2.05, 4.69) is 0 Å². The van der Waals surface area contributed by atoms with Gasteiger partial charge in [-0.2, -0.15) is 0 Å². The van der Waals surface area contributed by atoms with Crippen molar-refractivity contribution in [2.24, 2.45) is 0 Å². The van der Waals surface area contributed by atoms with Gasteiger partial charge in [0.15, 0.2) is 5.78 Å². The van der Waals surface area contributed by atoms with E-state index >= 15 is 0 Å². The number of carbonyl (C=O) groups excluding carboxylic acids is 1. The monoisotopic (exact) mass is 645 g/mol. The largest absolute Gasteiger partial charge is 0.374 e. The average molecular weight is 646 g/mol. The standard InChI is InChI=1S/C36H40NO8P/c1-28(38)37(44-26-32-21-13-6-14-22-32)36-35(43-25-31-19-11-5-12-20-31)34(42-24-30-17-9-4-10-18-30)33(45-46(36,39)40-2)27-41-23-29-15-7-3-8-16-29/h3-22,33-36H,23-27H2,1-2H3/t33-,34-,35+,36-,46?/m1/s1. The molecule has 242 valence electrons. The minimum atomic E-state index is -4.12. The summed E-state index contributed by atoms with van der Waals surface area (Å²) in [4.78, 5) is 19.3. The summed E-state index contributed by atoms with van der Waals surface area (Å²) < 4.78 is 45.8. The van der Waals surface area contributed by atoms with Crippen molar-refractivity contribution >= 4 is 13.5 Å². The van der Waals surface area contributed by atoms with Crippen molar-refractivity contribution in [3.8, 4) is 0 Å². The summed E-state index contributed by atoms with van der Waals surface area (Å²) in [5.74, 6) is -1.77. The first-order chi connectivity index (χ1) is 22.5. The molecular formula is C36H40NO8P. The maximum absolute atomic E-state index is 14.7. The minimum Gasteiger partial charge on any atom is -0.374 e. The van der Waals surface area contributed by atoms with Crippen LogP contribution in [-0.4, -0.2) is 48.8 Å². The second-order valence-corrected chi connectivity index (χ2v) is 13.1. The molecule has 1 unspecified atom stereocenters. The van der Waals surface area contributed by atoms with Crippen LogP contribution in [0.2, 0.25) is 0 Å². The van der Waals surface area contributed by atoms with Gasteiger partial charge in [-0.3, -0.25) is 18.7 Å². The van der Waals surface area contributed by atoms with E-state index in [9.17, 15) is 9.36 Å². The predicted octanol–water partition coefficient (Wildman–Crippen LogP) is 6.92. The van der Waals surface area contributed by atoms with E-state index in [1.54, 1.807) is 0 Å². The molecule has 0 N–H and O–H groups in total. The third kappa shape index (κ3) is 8.99. The Morgan fingerprint density at radius 1 is 0.674 bits per heavy atom. The number of hydroxylamine groups is 2. The molecule has 9 nitrogen and oxygen atoms in total. The maximum atomic E-state index is 14.7. The summed E-state index contributed by atoms with van der Waals surface area (Å²) in [6, 6.07) is 38.4. The number of ether oxygens (including phenoxy) is 3. The molecule has 0 saturated carbocycles. The lowest BCUT2D eigenvalue weighted by Crippen LogP contribution is -2.60. The number of hydrogen-bond donors (Lipinski definition) is 0. The molecule has 0 aromatic heterocycles. The van der Waals surface area contributed by atoms with Crippen LogP contribution in [0.1, 0.15) is 29.2 Å². The highest BCUT2D eigenvalue weighted by atomic mass is 31.2. The molecule has 5 rings (SSSR count). The second kappa shape index (κ2) is 16.8. The van der Waals surface area contributed by atoms with E-state index < -0.39 is 37.6 Å². The highest BCUT2D eigenvalue weighted by Crippen LogP contribution is 2.60. The number of amides is 1. The molecule has 1 saturated heterocycles. The van der Waals surface area contributed by atoms with Gasteiger partial charge in [0.2, 0.25) is 5.91 Å². The lowest BCUT2D eigenvalue weighted by Gasteiger charge is -2.47. The molecular weight excluding hydrogens is 605 g/mol. The zero-order valence-electron chi connectivity index (χ0n) is 26.1. The van der Waals surface area contributed by atoms with Crippen molar-refractivity contribution < 1.29 is 37.5 Å². The van der Waals surface area contributed by atoms with Crippen LogP contribution >= 0.6 is 7.60 Å². The molecule has 1 amide bonds.